The van der Waals surface area contributed by atoms with Gasteiger partial charge in [0.15, 0.2) is 5.96 Å². The monoisotopic (exact) mass is 504 g/mol. The van der Waals surface area contributed by atoms with Gasteiger partial charge in [-0.2, -0.15) is 13.2 Å². The van der Waals surface area contributed by atoms with Gasteiger partial charge in [-0.05, 0) is 37.1 Å². The number of likely N-dealkylation sites (tertiary alicyclic amines) is 1. The Balaban J connectivity index is 0.00000364. The van der Waals surface area contributed by atoms with E-state index in [9.17, 15) is 17.6 Å². The summed E-state index contributed by atoms with van der Waals surface area (Å²) < 4.78 is 55.5. The third-order valence-electron chi connectivity index (χ3n) is 3.94. The van der Waals surface area contributed by atoms with Crippen molar-refractivity contribution in [3.05, 3.63) is 30.1 Å². The van der Waals surface area contributed by atoms with E-state index in [4.69, 9.17) is 4.74 Å². The highest BCUT2D eigenvalue weighted by atomic mass is 127. The van der Waals surface area contributed by atoms with Gasteiger partial charge in [-0.3, -0.25) is 9.89 Å². The normalized spacial score (nSPS) is 18.1. The van der Waals surface area contributed by atoms with Gasteiger partial charge in [0.2, 0.25) is 0 Å². The lowest BCUT2D eigenvalue weighted by Gasteiger charge is -2.19. The van der Waals surface area contributed by atoms with Gasteiger partial charge in [0.05, 0.1) is 13.2 Å². The number of hydrogen-bond donors (Lipinski definition) is 2. The summed E-state index contributed by atoms with van der Waals surface area (Å²) in [4.78, 5) is 5.48. The van der Waals surface area contributed by atoms with E-state index in [1.807, 2.05) is 0 Å². The predicted octanol–water partition coefficient (Wildman–Crippen LogP) is 3.01. The number of halogens is 5. The minimum absolute atomic E-state index is 0. The van der Waals surface area contributed by atoms with Crippen LogP contribution in [0.5, 0.6) is 5.75 Å². The minimum atomic E-state index is -4.17. The van der Waals surface area contributed by atoms with Gasteiger partial charge in [0.25, 0.3) is 0 Å². The van der Waals surface area contributed by atoms with E-state index < -0.39 is 12.7 Å². The number of rotatable bonds is 7. The molecule has 1 unspecified atom stereocenters. The molecule has 154 valence electrons. The third kappa shape index (κ3) is 9.45. The summed E-state index contributed by atoms with van der Waals surface area (Å²) in [5.74, 6) is 0.852. The van der Waals surface area contributed by atoms with Gasteiger partial charge >= 0.3 is 6.18 Å². The predicted molar refractivity (Wildman–Crippen MR) is 107 cm³/mol. The van der Waals surface area contributed by atoms with E-state index in [-0.39, 0.29) is 35.8 Å². The van der Waals surface area contributed by atoms with Crippen LogP contribution in [0, 0.1) is 5.82 Å². The number of benzene rings is 1. The second-order valence-electron chi connectivity index (χ2n) is 6.14. The molecule has 1 atom stereocenters. The lowest BCUT2D eigenvalue weighted by molar-refractivity contribution is -0.143. The Bertz CT molecular complexity index is 583. The highest BCUT2D eigenvalue weighted by Crippen LogP contribution is 2.19. The summed E-state index contributed by atoms with van der Waals surface area (Å²) in [6.45, 7) is 0.934. The molecule has 0 aromatic heterocycles. The number of hydrogen-bond acceptors (Lipinski definition) is 3. The van der Waals surface area contributed by atoms with Crippen molar-refractivity contribution in [3.63, 3.8) is 0 Å². The quantitative estimate of drug-likeness (QED) is 0.197. The Labute approximate surface area is 173 Å². The first kappa shape index (κ1) is 23.7. The molecule has 0 saturated carbocycles. The zero-order chi connectivity index (χ0) is 19.0. The molecule has 0 bridgehead atoms. The molecule has 1 heterocycles. The van der Waals surface area contributed by atoms with Gasteiger partial charge in [-0.15, -0.1) is 24.0 Å². The van der Waals surface area contributed by atoms with Crippen LogP contribution < -0.4 is 15.4 Å². The van der Waals surface area contributed by atoms with E-state index >= 15 is 0 Å². The first-order valence-corrected chi connectivity index (χ1v) is 8.50. The van der Waals surface area contributed by atoms with Crippen LogP contribution in [0.15, 0.2) is 29.3 Å². The van der Waals surface area contributed by atoms with Crippen molar-refractivity contribution in [2.75, 3.05) is 39.8 Å². The lowest BCUT2D eigenvalue weighted by atomic mass is 10.3. The molecule has 5 nitrogen and oxygen atoms in total. The van der Waals surface area contributed by atoms with Crippen molar-refractivity contribution in [1.82, 2.24) is 15.5 Å². The maximum Gasteiger partial charge on any atom is 0.401 e. The average molecular weight is 504 g/mol. The molecule has 0 radical (unpaired) electrons. The average Bonchev–Trinajstić information content (AvgIpc) is 3.00. The fraction of sp³-hybridized carbons (Fsp3) is 0.588. The second kappa shape index (κ2) is 11.5. The molecule has 10 heteroatoms. The Morgan fingerprint density at radius 2 is 2.00 bits per heavy atom. The highest BCUT2D eigenvalue weighted by Gasteiger charge is 2.34. The topological polar surface area (TPSA) is 48.9 Å². The molecular formula is C17H25F4IN4O. The largest absolute Gasteiger partial charge is 0.494 e. The van der Waals surface area contributed by atoms with Crippen LogP contribution in [-0.2, 0) is 0 Å². The van der Waals surface area contributed by atoms with E-state index in [0.29, 0.717) is 50.8 Å². The molecule has 0 aliphatic carbocycles. The highest BCUT2D eigenvalue weighted by molar-refractivity contribution is 14.0. The Hall–Kier alpha value is -1.30. The van der Waals surface area contributed by atoms with Crippen LogP contribution >= 0.6 is 24.0 Å². The van der Waals surface area contributed by atoms with E-state index in [2.05, 4.69) is 15.6 Å². The van der Waals surface area contributed by atoms with Gasteiger partial charge in [-0.25, -0.2) is 4.39 Å². The Morgan fingerprint density at radius 3 is 2.63 bits per heavy atom. The van der Waals surface area contributed by atoms with Crippen molar-refractivity contribution in [1.29, 1.82) is 0 Å². The van der Waals surface area contributed by atoms with Crippen molar-refractivity contribution >= 4 is 29.9 Å². The molecular weight excluding hydrogens is 479 g/mol. The van der Waals surface area contributed by atoms with Crippen molar-refractivity contribution in [2.24, 2.45) is 4.99 Å². The number of ether oxygens (including phenoxy) is 1. The number of alkyl halides is 3. The van der Waals surface area contributed by atoms with Crippen LogP contribution in [0.1, 0.15) is 12.8 Å². The fourth-order valence-electron chi connectivity index (χ4n) is 2.74. The molecule has 1 aromatic rings. The summed E-state index contributed by atoms with van der Waals surface area (Å²) in [5, 5.41) is 6.26. The third-order valence-corrected chi connectivity index (χ3v) is 3.94. The molecule has 0 amide bonds. The molecule has 0 spiro atoms. The van der Waals surface area contributed by atoms with Gasteiger partial charge < -0.3 is 15.4 Å². The Kier molecular flexibility index (Phi) is 10.1. The maximum absolute atomic E-state index is 12.8. The van der Waals surface area contributed by atoms with Crippen LogP contribution in [0.25, 0.3) is 0 Å². The lowest BCUT2D eigenvalue weighted by Crippen LogP contribution is -2.45. The summed E-state index contributed by atoms with van der Waals surface area (Å²) in [7, 11) is 1.62. The van der Waals surface area contributed by atoms with Crippen LogP contribution in [0.2, 0.25) is 0 Å². The van der Waals surface area contributed by atoms with Crippen LogP contribution in [0.4, 0.5) is 17.6 Å². The number of aliphatic imine (C=N–C) groups is 1. The molecule has 1 aliphatic heterocycles. The van der Waals surface area contributed by atoms with Crippen molar-refractivity contribution in [2.45, 2.75) is 25.1 Å². The number of nitrogens with one attached hydrogen (secondary N) is 2. The summed E-state index contributed by atoms with van der Waals surface area (Å²) in [6.07, 6.45) is -2.83. The molecule has 1 saturated heterocycles. The summed E-state index contributed by atoms with van der Waals surface area (Å²) in [5.41, 5.74) is 0. The molecule has 2 N–H and O–H groups in total. The van der Waals surface area contributed by atoms with Crippen molar-refractivity contribution < 1.29 is 22.3 Å². The van der Waals surface area contributed by atoms with Gasteiger partial charge in [0, 0.05) is 32.7 Å². The fourth-order valence-corrected chi connectivity index (χ4v) is 2.74. The first-order valence-electron chi connectivity index (χ1n) is 8.50. The summed E-state index contributed by atoms with van der Waals surface area (Å²) in [6, 6.07) is 5.75. The zero-order valence-electron chi connectivity index (χ0n) is 15.1. The maximum atomic E-state index is 12.8. The molecule has 27 heavy (non-hydrogen) atoms. The number of guanidine groups is 1. The van der Waals surface area contributed by atoms with Gasteiger partial charge in [0.1, 0.15) is 11.6 Å². The van der Waals surface area contributed by atoms with Gasteiger partial charge in [-0.1, -0.05) is 0 Å². The smallest absolute Gasteiger partial charge is 0.401 e. The Morgan fingerprint density at radius 1 is 1.30 bits per heavy atom. The molecule has 1 aromatic carbocycles. The first-order chi connectivity index (χ1) is 12.4. The number of nitrogens with zero attached hydrogens (tertiary/aromatic N) is 2. The molecule has 2 rings (SSSR count). The van der Waals surface area contributed by atoms with Crippen LogP contribution in [0.3, 0.4) is 0 Å². The summed E-state index contributed by atoms with van der Waals surface area (Å²) >= 11 is 0. The minimum Gasteiger partial charge on any atom is -0.494 e. The van der Waals surface area contributed by atoms with E-state index in [1.54, 1.807) is 19.2 Å². The van der Waals surface area contributed by atoms with Crippen LogP contribution in [-0.4, -0.2) is 62.9 Å². The standard InChI is InChI=1S/C17H24F4N4O.HI/c1-22-16(24-14-7-9-25(11-14)12-17(19,20)21)23-8-2-10-26-15-5-3-13(18)4-6-15;/h3-6,14H,2,7-12H2,1H3,(H2,22,23,24);1H. The SMILES string of the molecule is CN=C(NCCCOc1ccc(F)cc1)NC1CCN(CC(F)(F)F)C1.I. The van der Waals surface area contributed by atoms with Crippen molar-refractivity contribution in [3.8, 4) is 5.75 Å². The molecule has 1 fully saturated rings. The second-order valence-corrected chi connectivity index (χ2v) is 6.14. The molecule has 1 aliphatic rings. The zero-order valence-corrected chi connectivity index (χ0v) is 17.4. The van der Waals surface area contributed by atoms with E-state index in [0.717, 1.165) is 0 Å². The van der Waals surface area contributed by atoms with E-state index in [1.165, 1.54) is 17.0 Å².